The summed E-state index contributed by atoms with van der Waals surface area (Å²) in [5.74, 6) is 0.503. The zero-order valence-electron chi connectivity index (χ0n) is 16.8. The van der Waals surface area contributed by atoms with Crippen molar-refractivity contribution in [3.05, 3.63) is 77.6 Å². The van der Waals surface area contributed by atoms with Gasteiger partial charge in [-0.05, 0) is 36.4 Å². The third-order valence-corrected chi connectivity index (χ3v) is 5.04. The minimum absolute atomic E-state index is 0.170. The number of nitrogens with zero attached hydrogens (tertiary/aromatic N) is 1. The lowest BCUT2D eigenvalue weighted by atomic mass is 10.0. The average Bonchev–Trinajstić information content (AvgIpc) is 2.78. The number of halogens is 1. The Morgan fingerprint density at radius 1 is 0.900 bits per heavy atom. The molecule has 0 unspecified atom stereocenters. The molecule has 0 aliphatic carbocycles. The van der Waals surface area contributed by atoms with Crippen LogP contribution >= 0.6 is 0 Å². The quantitative estimate of drug-likeness (QED) is 0.667. The highest BCUT2D eigenvalue weighted by Gasteiger charge is 2.36. The van der Waals surface area contributed by atoms with Gasteiger partial charge in [-0.1, -0.05) is 24.3 Å². The van der Waals surface area contributed by atoms with Crippen LogP contribution in [0.5, 0.6) is 17.2 Å². The van der Waals surface area contributed by atoms with Gasteiger partial charge in [-0.3, -0.25) is 9.69 Å². The van der Waals surface area contributed by atoms with E-state index in [1.807, 2.05) is 12.1 Å². The number of amides is 1. The van der Waals surface area contributed by atoms with Crippen LogP contribution in [0.3, 0.4) is 0 Å². The number of hydrogen-bond donors (Lipinski definition) is 1. The minimum Gasteiger partial charge on any atom is -0.493 e. The molecule has 0 radical (unpaired) electrons. The topological polar surface area (TPSA) is 60.0 Å². The summed E-state index contributed by atoms with van der Waals surface area (Å²) in [6.07, 6.45) is -0.696. The molecule has 1 atom stereocenters. The molecule has 7 heteroatoms. The Balaban J connectivity index is 1.92. The van der Waals surface area contributed by atoms with E-state index in [1.54, 1.807) is 42.5 Å². The summed E-state index contributed by atoms with van der Waals surface area (Å²) in [4.78, 5) is 14.8. The van der Waals surface area contributed by atoms with Gasteiger partial charge in [-0.2, -0.15) is 0 Å². The summed E-state index contributed by atoms with van der Waals surface area (Å²) in [6, 6.07) is 16.8. The first kappa shape index (κ1) is 19.6. The predicted molar refractivity (Wildman–Crippen MR) is 112 cm³/mol. The maximum absolute atomic E-state index is 14.7. The number of carbonyl (C=O) groups is 1. The Kier molecular flexibility index (Phi) is 5.18. The number of nitrogens with one attached hydrogen (secondary N) is 1. The van der Waals surface area contributed by atoms with Crippen molar-refractivity contribution in [1.29, 1.82) is 0 Å². The molecule has 154 valence electrons. The number of anilines is 2. The maximum Gasteiger partial charge on any atom is 0.262 e. The van der Waals surface area contributed by atoms with Crippen molar-refractivity contribution >= 4 is 17.3 Å². The summed E-state index contributed by atoms with van der Waals surface area (Å²) >= 11 is 0. The number of fused-ring (bicyclic) bond motifs is 1. The fourth-order valence-corrected chi connectivity index (χ4v) is 3.64. The van der Waals surface area contributed by atoms with Crippen LogP contribution in [-0.2, 0) is 0 Å². The smallest absolute Gasteiger partial charge is 0.262 e. The lowest BCUT2D eigenvalue weighted by Gasteiger charge is -2.38. The molecule has 1 amide bonds. The standard InChI is InChI=1S/C23H21FN2O4/c1-28-19-12-14(13-20(29-2)21(19)30-3)22-25-17-10-6-4-8-15(17)23(27)26(22)18-11-7-5-9-16(18)24/h4-13,22,25H,1-3H3/t22-/m1/s1. The van der Waals surface area contributed by atoms with Crippen LogP contribution in [0.15, 0.2) is 60.7 Å². The highest BCUT2D eigenvalue weighted by Crippen LogP contribution is 2.43. The molecule has 0 aromatic heterocycles. The molecule has 0 saturated heterocycles. The molecule has 30 heavy (non-hydrogen) atoms. The molecule has 1 aliphatic heterocycles. The van der Waals surface area contributed by atoms with Gasteiger partial charge in [0.25, 0.3) is 5.91 Å². The lowest BCUT2D eigenvalue weighted by Crippen LogP contribution is -2.43. The second-order valence-electron chi connectivity index (χ2n) is 6.68. The van der Waals surface area contributed by atoms with Gasteiger partial charge >= 0.3 is 0 Å². The van der Waals surface area contributed by atoms with Crippen molar-refractivity contribution in [2.45, 2.75) is 6.17 Å². The number of para-hydroxylation sites is 2. The fraction of sp³-hybridized carbons (Fsp3) is 0.174. The average molecular weight is 408 g/mol. The highest BCUT2D eigenvalue weighted by atomic mass is 19.1. The van der Waals surface area contributed by atoms with E-state index in [9.17, 15) is 9.18 Å². The SMILES string of the molecule is COc1cc([C@@H]2Nc3ccccc3C(=O)N2c2ccccc2F)cc(OC)c1OC. The second-order valence-corrected chi connectivity index (χ2v) is 6.68. The van der Waals surface area contributed by atoms with E-state index in [4.69, 9.17) is 14.2 Å². The molecule has 0 bridgehead atoms. The number of carbonyl (C=O) groups excluding carboxylic acids is 1. The van der Waals surface area contributed by atoms with E-state index < -0.39 is 12.0 Å². The normalized spacial score (nSPS) is 15.3. The number of methoxy groups -OCH3 is 3. The molecular formula is C23H21FN2O4. The van der Waals surface area contributed by atoms with E-state index in [1.165, 1.54) is 32.3 Å². The van der Waals surface area contributed by atoms with Gasteiger partial charge in [-0.25, -0.2) is 4.39 Å². The molecule has 0 fully saturated rings. The molecular weight excluding hydrogens is 387 g/mol. The maximum atomic E-state index is 14.7. The monoisotopic (exact) mass is 408 g/mol. The van der Waals surface area contributed by atoms with E-state index in [2.05, 4.69) is 5.32 Å². The first-order valence-corrected chi connectivity index (χ1v) is 9.32. The highest BCUT2D eigenvalue weighted by molar-refractivity contribution is 6.12. The van der Waals surface area contributed by atoms with Gasteiger partial charge in [0, 0.05) is 11.3 Å². The van der Waals surface area contributed by atoms with Gasteiger partial charge in [0.05, 0.1) is 32.6 Å². The summed E-state index contributed by atoms with van der Waals surface area (Å²) in [7, 11) is 4.55. The van der Waals surface area contributed by atoms with Crippen molar-refractivity contribution in [2.75, 3.05) is 31.5 Å². The molecule has 1 N–H and O–H groups in total. The third kappa shape index (κ3) is 3.18. The van der Waals surface area contributed by atoms with Crippen LogP contribution in [-0.4, -0.2) is 27.2 Å². The Morgan fingerprint density at radius 3 is 2.17 bits per heavy atom. The number of benzene rings is 3. The van der Waals surface area contributed by atoms with Crippen LogP contribution < -0.4 is 24.4 Å². The zero-order chi connectivity index (χ0) is 21.3. The fourth-order valence-electron chi connectivity index (χ4n) is 3.64. The molecule has 4 rings (SSSR count). The third-order valence-electron chi connectivity index (χ3n) is 5.04. The van der Waals surface area contributed by atoms with Crippen molar-refractivity contribution in [3.8, 4) is 17.2 Å². The van der Waals surface area contributed by atoms with E-state index in [0.717, 1.165) is 0 Å². The van der Waals surface area contributed by atoms with E-state index in [-0.39, 0.29) is 11.6 Å². The predicted octanol–water partition coefficient (Wildman–Crippen LogP) is 4.62. The van der Waals surface area contributed by atoms with Crippen molar-refractivity contribution in [1.82, 2.24) is 0 Å². The zero-order valence-corrected chi connectivity index (χ0v) is 16.8. The molecule has 1 aliphatic rings. The molecule has 3 aromatic carbocycles. The van der Waals surface area contributed by atoms with Crippen molar-refractivity contribution in [3.63, 3.8) is 0 Å². The van der Waals surface area contributed by atoms with Crippen LogP contribution in [0, 0.1) is 5.82 Å². The largest absolute Gasteiger partial charge is 0.493 e. The Morgan fingerprint density at radius 2 is 1.53 bits per heavy atom. The second kappa shape index (κ2) is 7.94. The Labute approximate surface area is 173 Å². The van der Waals surface area contributed by atoms with Crippen LogP contribution in [0.4, 0.5) is 15.8 Å². The first-order chi connectivity index (χ1) is 14.6. The molecule has 1 heterocycles. The Bertz CT molecular complexity index is 1080. The van der Waals surface area contributed by atoms with Crippen molar-refractivity contribution in [2.24, 2.45) is 0 Å². The summed E-state index contributed by atoms with van der Waals surface area (Å²) < 4.78 is 31.1. The number of ether oxygens (including phenoxy) is 3. The molecule has 6 nitrogen and oxygen atoms in total. The summed E-state index contributed by atoms with van der Waals surface area (Å²) in [6.45, 7) is 0. The van der Waals surface area contributed by atoms with E-state index >= 15 is 0 Å². The molecule has 0 spiro atoms. The molecule has 0 saturated carbocycles. The van der Waals surface area contributed by atoms with E-state index in [0.29, 0.717) is 34.1 Å². The minimum atomic E-state index is -0.696. The van der Waals surface area contributed by atoms with Gasteiger partial charge < -0.3 is 19.5 Å². The van der Waals surface area contributed by atoms with Crippen LogP contribution in [0.25, 0.3) is 0 Å². The molecule has 3 aromatic rings. The number of hydrogen-bond acceptors (Lipinski definition) is 5. The van der Waals surface area contributed by atoms with Gasteiger partial charge in [0.2, 0.25) is 5.75 Å². The summed E-state index contributed by atoms with van der Waals surface area (Å²) in [5, 5.41) is 3.35. The number of rotatable bonds is 5. The lowest BCUT2D eigenvalue weighted by molar-refractivity contribution is 0.0973. The van der Waals surface area contributed by atoms with Crippen molar-refractivity contribution < 1.29 is 23.4 Å². The summed E-state index contributed by atoms with van der Waals surface area (Å²) in [5.41, 5.74) is 1.94. The Hall–Kier alpha value is -3.74. The van der Waals surface area contributed by atoms with Gasteiger partial charge in [0.1, 0.15) is 12.0 Å². The van der Waals surface area contributed by atoms with Gasteiger partial charge in [-0.15, -0.1) is 0 Å². The first-order valence-electron chi connectivity index (χ1n) is 9.32. The van der Waals surface area contributed by atoms with Crippen LogP contribution in [0.1, 0.15) is 22.1 Å². The van der Waals surface area contributed by atoms with Gasteiger partial charge in [0.15, 0.2) is 11.5 Å². The van der Waals surface area contributed by atoms with Crippen LogP contribution in [0.2, 0.25) is 0 Å².